The fourth-order valence-corrected chi connectivity index (χ4v) is 4.14. The second-order valence-electron chi connectivity index (χ2n) is 7.55. The molecule has 3 heterocycles. The number of piperazine rings is 1. The molecule has 0 bridgehead atoms. The Kier molecular flexibility index (Phi) is 4.26. The van der Waals surface area contributed by atoms with Crippen LogP contribution in [0, 0.1) is 5.92 Å². The lowest BCUT2D eigenvalue weighted by Gasteiger charge is -2.39. The number of aromatic nitrogens is 4. The third kappa shape index (κ3) is 3.17. The van der Waals surface area contributed by atoms with Crippen LogP contribution in [0.4, 0.5) is 0 Å². The lowest BCUT2D eigenvalue weighted by atomic mass is 10.0. The molecule has 8 nitrogen and oxygen atoms in total. The van der Waals surface area contributed by atoms with Gasteiger partial charge in [-0.15, -0.1) is 5.10 Å². The van der Waals surface area contributed by atoms with Crippen LogP contribution in [-0.4, -0.2) is 86.1 Å². The van der Waals surface area contributed by atoms with E-state index in [0.29, 0.717) is 18.0 Å². The summed E-state index contributed by atoms with van der Waals surface area (Å²) in [6.07, 6.45) is 2.41. The fraction of sp³-hybridized carbons (Fsp3) is 0.875. The maximum atomic E-state index is 11.5. The molecular formula is C16H27N7O. The average molecular weight is 333 g/mol. The highest BCUT2D eigenvalue weighted by molar-refractivity contribution is 5.73. The Morgan fingerprint density at radius 3 is 2.58 bits per heavy atom. The van der Waals surface area contributed by atoms with Gasteiger partial charge in [0.1, 0.15) is 0 Å². The van der Waals surface area contributed by atoms with Crippen LogP contribution in [0.1, 0.15) is 38.6 Å². The average Bonchev–Trinajstić information content (AvgIpc) is 3.20. The number of rotatable bonds is 4. The molecule has 132 valence electrons. The molecule has 2 aliphatic heterocycles. The number of nitrogens with zero attached hydrogens (tertiary/aromatic N) is 7. The Labute approximate surface area is 142 Å². The van der Waals surface area contributed by atoms with Crippen molar-refractivity contribution in [1.82, 2.24) is 34.9 Å². The Hall–Kier alpha value is -1.54. The van der Waals surface area contributed by atoms with Gasteiger partial charge in [-0.2, -0.15) is 0 Å². The summed E-state index contributed by atoms with van der Waals surface area (Å²) in [4.78, 5) is 18.5. The molecule has 4 rings (SSSR count). The minimum atomic E-state index is 0.197. The number of tetrazole rings is 1. The Bertz CT molecular complexity index is 591. The number of hydrogen-bond donors (Lipinski definition) is 0. The molecule has 0 radical (unpaired) electrons. The predicted octanol–water partition coefficient (Wildman–Crippen LogP) is -0.00760. The van der Waals surface area contributed by atoms with Crippen molar-refractivity contribution in [3.05, 3.63) is 5.82 Å². The molecule has 2 atom stereocenters. The second-order valence-corrected chi connectivity index (χ2v) is 7.55. The molecular weight excluding hydrogens is 306 g/mol. The number of carbonyl (C=O) groups excluding carboxylic acids is 1. The molecule has 0 N–H and O–H groups in total. The second kappa shape index (κ2) is 6.40. The molecule has 8 heteroatoms. The van der Waals surface area contributed by atoms with Crippen LogP contribution in [0.2, 0.25) is 0 Å². The zero-order valence-electron chi connectivity index (χ0n) is 14.6. The fourth-order valence-electron chi connectivity index (χ4n) is 4.14. The molecule has 0 spiro atoms. The van der Waals surface area contributed by atoms with Crippen LogP contribution in [0.3, 0.4) is 0 Å². The quantitative estimate of drug-likeness (QED) is 0.772. The summed E-state index contributed by atoms with van der Waals surface area (Å²) in [6.45, 7) is 10.7. The van der Waals surface area contributed by atoms with Crippen molar-refractivity contribution in [2.75, 3.05) is 39.3 Å². The van der Waals surface area contributed by atoms with Crippen molar-refractivity contribution in [3.8, 4) is 0 Å². The molecule has 0 unspecified atom stereocenters. The van der Waals surface area contributed by atoms with Crippen LogP contribution in [-0.2, 0) is 11.3 Å². The minimum Gasteiger partial charge on any atom is -0.340 e. The van der Waals surface area contributed by atoms with Gasteiger partial charge in [-0.05, 0) is 29.2 Å². The first-order valence-corrected chi connectivity index (χ1v) is 9.10. The molecule has 24 heavy (non-hydrogen) atoms. The van der Waals surface area contributed by atoms with Crippen molar-refractivity contribution in [2.24, 2.45) is 5.92 Å². The largest absolute Gasteiger partial charge is 0.340 e. The molecule has 1 amide bonds. The molecule has 1 aromatic rings. The Morgan fingerprint density at radius 2 is 1.92 bits per heavy atom. The lowest BCUT2D eigenvalue weighted by molar-refractivity contribution is -0.130. The van der Waals surface area contributed by atoms with Crippen molar-refractivity contribution < 1.29 is 4.79 Å². The SMILES string of the molecule is CC(=O)N1CCN([C@H]2CN(Cc3nnnn3C3CC3)C[C@H]2C)CC1. The van der Waals surface area contributed by atoms with E-state index in [1.54, 1.807) is 6.92 Å². The van der Waals surface area contributed by atoms with Crippen LogP contribution < -0.4 is 0 Å². The van der Waals surface area contributed by atoms with E-state index in [-0.39, 0.29) is 5.91 Å². The first-order valence-electron chi connectivity index (χ1n) is 9.10. The van der Waals surface area contributed by atoms with Gasteiger partial charge in [-0.3, -0.25) is 14.6 Å². The van der Waals surface area contributed by atoms with Gasteiger partial charge in [0.15, 0.2) is 5.82 Å². The summed E-state index contributed by atoms with van der Waals surface area (Å²) in [5.74, 6) is 1.84. The summed E-state index contributed by atoms with van der Waals surface area (Å²) in [7, 11) is 0. The van der Waals surface area contributed by atoms with Gasteiger partial charge < -0.3 is 4.90 Å². The van der Waals surface area contributed by atoms with Gasteiger partial charge in [0, 0.05) is 52.2 Å². The zero-order chi connectivity index (χ0) is 16.7. The van der Waals surface area contributed by atoms with E-state index in [0.717, 1.165) is 51.6 Å². The summed E-state index contributed by atoms with van der Waals surface area (Å²) < 4.78 is 2.02. The highest BCUT2D eigenvalue weighted by Crippen LogP contribution is 2.35. The zero-order valence-corrected chi connectivity index (χ0v) is 14.6. The van der Waals surface area contributed by atoms with E-state index in [1.807, 2.05) is 9.58 Å². The number of hydrogen-bond acceptors (Lipinski definition) is 6. The van der Waals surface area contributed by atoms with Crippen LogP contribution in [0.25, 0.3) is 0 Å². The first kappa shape index (κ1) is 16.0. The number of carbonyl (C=O) groups is 1. The number of likely N-dealkylation sites (tertiary alicyclic amines) is 1. The summed E-state index contributed by atoms with van der Waals surface area (Å²) >= 11 is 0. The van der Waals surface area contributed by atoms with Crippen LogP contribution >= 0.6 is 0 Å². The molecule has 1 saturated carbocycles. The molecule has 1 aromatic heterocycles. The highest BCUT2D eigenvalue weighted by Gasteiger charge is 2.36. The minimum absolute atomic E-state index is 0.197. The Morgan fingerprint density at radius 1 is 1.17 bits per heavy atom. The van der Waals surface area contributed by atoms with Gasteiger partial charge in [-0.1, -0.05) is 6.92 Å². The van der Waals surface area contributed by atoms with Gasteiger partial charge in [0.2, 0.25) is 5.91 Å². The predicted molar refractivity (Wildman–Crippen MR) is 88.1 cm³/mol. The first-order chi connectivity index (χ1) is 11.6. The molecule has 3 fully saturated rings. The third-order valence-electron chi connectivity index (χ3n) is 5.70. The monoisotopic (exact) mass is 333 g/mol. The summed E-state index contributed by atoms with van der Waals surface area (Å²) in [6, 6.07) is 1.11. The van der Waals surface area contributed by atoms with Crippen LogP contribution in [0.15, 0.2) is 0 Å². The van der Waals surface area contributed by atoms with Gasteiger partial charge in [0.25, 0.3) is 0 Å². The van der Waals surface area contributed by atoms with Gasteiger partial charge in [-0.25, -0.2) is 4.68 Å². The molecule has 3 aliphatic rings. The molecule has 0 aromatic carbocycles. The third-order valence-corrected chi connectivity index (χ3v) is 5.70. The van der Waals surface area contributed by atoms with E-state index in [4.69, 9.17) is 0 Å². The smallest absolute Gasteiger partial charge is 0.219 e. The maximum absolute atomic E-state index is 11.5. The summed E-state index contributed by atoms with van der Waals surface area (Å²) in [5, 5.41) is 12.3. The topological polar surface area (TPSA) is 70.4 Å². The van der Waals surface area contributed by atoms with Gasteiger partial charge >= 0.3 is 0 Å². The van der Waals surface area contributed by atoms with Crippen LogP contribution in [0.5, 0.6) is 0 Å². The van der Waals surface area contributed by atoms with E-state index >= 15 is 0 Å². The normalized spacial score (nSPS) is 29.3. The lowest BCUT2D eigenvalue weighted by Crippen LogP contribution is -2.53. The van der Waals surface area contributed by atoms with Gasteiger partial charge in [0.05, 0.1) is 12.6 Å². The van der Waals surface area contributed by atoms with Crippen molar-refractivity contribution in [1.29, 1.82) is 0 Å². The molecule has 2 saturated heterocycles. The number of amides is 1. The van der Waals surface area contributed by atoms with E-state index < -0.39 is 0 Å². The Balaban J connectivity index is 1.34. The highest BCUT2D eigenvalue weighted by atomic mass is 16.2. The van der Waals surface area contributed by atoms with E-state index in [1.165, 1.54) is 12.8 Å². The van der Waals surface area contributed by atoms with E-state index in [9.17, 15) is 4.79 Å². The van der Waals surface area contributed by atoms with Crippen molar-refractivity contribution in [3.63, 3.8) is 0 Å². The van der Waals surface area contributed by atoms with Crippen molar-refractivity contribution >= 4 is 5.91 Å². The standard InChI is InChI=1S/C16H27N7O/c1-12-9-20(11-16-17-18-19-23(16)14-3-4-14)10-15(12)22-7-5-21(6-8-22)13(2)24/h12,14-15H,3-11H2,1-2H3/t12-,15+/m1/s1. The summed E-state index contributed by atoms with van der Waals surface area (Å²) in [5.41, 5.74) is 0. The van der Waals surface area contributed by atoms with Crippen molar-refractivity contribution in [2.45, 2.75) is 45.3 Å². The molecule has 1 aliphatic carbocycles. The van der Waals surface area contributed by atoms with E-state index in [2.05, 4.69) is 32.2 Å². The maximum Gasteiger partial charge on any atom is 0.219 e.